The van der Waals surface area contributed by atoms with E-state index in [0.29, 0.717) is 6.67 Å². The molecule has 6 heteroatoms. The first-order valence-corrected chi connectivity index (χ1v) is 9.19. The van der Waals surface area contributed by atoms with E-state index < -0.39 is 0 Å². The normalized spacial score (nSPS) is 15.5. The van der Waals surface area contributed by atoms with Crippen LogP contribution < -0.4 is 10.5 Å². The van der Waals surface area contributed by atoms with Crippen LogP contribution in [0.4, 0.5) is 5.69 Å². The molecule has 0 bridgehead atoms. The number of fused-ring (bicyclic) bond motifs is 1. The summed E-state index contributed by atoms with van der Waals surface area (Å²) in [5.41, 5.74) is 2.01. The smallest absolute Gasteiger partial charge is 0.275 e. The zero-order valence-electron chi connectivity index (χ0n) is 14.7. The second-order valence-corrected chi connectivity index (χ2v) is 7.10. The molecule has 0 amide bonds. The Morgan fingerprint density at radius 1 is 1.00 bits per heavy atom. The van der Waals surface area contributed by atoms with Crippen molar-refractivity contribution >= 4 is 28.1 Å². The summed E-state index contributed by atoms with van der Waals surface area (Å²) in [6.07, 6.45) is 0. The maximum atomic E-state index is 12.7. The second kappa shape index (κ2) is 7.09. The molecule has 0 radical (unpaired) electrons. The van der Waals surface area contributed by atoms with Crippen LogP contribution in [0.2, 0.25) is 5.02 Å². The largest absolute Gasteiger partial charge is 0.369 e. The van der Waals surface area contributed by atoms with Crippen LogP contribution in [0.15, 0.2) is 53.3 Å². The zero-order valence-corrected chi connectivity index (χ0v) is 15.5. The van der Waals surface area contributed by atoms with E-state index in [1.54, 1.807) is 4.68 Å². The Labute approximate surface area is 157 Å². The van der Waals surface area contributed by atoms with Crippen molar-refractivity contribution in [3.63, 3.8) is 0 Å². The fourth-order valence-corrected chi connectivity index (χ4v) is 3.69. The van der Waals surface area contributed by atoms with Crippen molar-refractivity contribution in [3.8, 4) is 0 Å². The van der Waals surface area contributed by atoms with Crippen LogP contribution in [0.5, 0.6) is 0 Å². The molecule has 1 aliphatic heterocycles. The van der Waals surface area contributed by atoms with Gasteiger partial charge in [-0.05, 0) is 31.2 Å². The van der Waals surface area contributed by atoms with E-state index in [9.17, 15) is 4.79 Å². The highest BCUT2D eigenvalue weighted by Gasteiger charge is 2.19. The number of benzene rings is 2. The van der Waals surface area contributed by atoms with E-state index in [-0.39, 0.29) is 5.56 Å². The van der Waals surface area contributed by atoms with Gasteiger partial charge in [-0.15, -0.1) is 0 Å². The van der Waals surface area contributed by atoms with Crippen LogP contribution in [0.3, 0.4) is 0 Å². The van der Waals surface area contributed by atoms with Gasteiger partial charge in [0.2, 0.25) is 0 Å². The zero-order chi connectivity index (χ0) is 18.1. The Morgan fingerprint density at radius 3 is 2.46 bits per heavy atom. The quantitative estimate of drug-likeness (QED) is 0.712. The lowest BCUT2D eigenvalue weighted by molar-refractivity contribution is 0.191. The van der Waals surface area contributed by atoms with Crippen molar-refractivity contribution in [2.75, 3.05) is 31.1 Å². The van der Waals surface area contributed by atoms with Crippen LogP contribution in [-0.2, 0) is 6.67 Å². The Bertz CT molecular complexity index is 993. The van der Waals surface area contributed by atoms with Crippen molar-refractivity contribution in [1.29, 1.82) is 0 Å². The van der Waals surface area contributed by atoms with Crippen LogP contribution in [0.1, 0.15) is 5.69 Å². The molecule has 4 rings (SSSR count). The molecule has 1 saturated heterocycles. The lowest BCUT2D eigenvalue weighted by atomic mass is 10.1. The molecule has 3 aromatic rings. The summed E-state index contributed by atoms with van der Waals surface area (Å²) < 4.78 is 1.59. The second-order valence-electron chi connectivity index (χ2n) is 6.66. The molecule has 1 aromatic heterocycles. The summed E-state index contributed by atoms with van der Waals surface area (Å²) >= 11 is 6.10. The number of anilines is 1. The number of hydrogen-bond donors (Lipinski definition) is 0. The Hall–Kier alpha value is -2.37. The third kappa shape index (κ3) is 3.32. The van der Waals surface area contributed by atoms with Gasteiger partial charge in [0.05, 0.1) is 17.7 Å². The summed E-state index contributed by atoms with van der Waals surface area (Å²) in [6, 6.07) is 15.6. The molecule has 2 heterocycles. The van der Waals surface area contributed by atoms with Crippen molar-refractivity contribution in [3.05, 3.63) is 69.6 Å². The van der Waals surface area contributed by atoms with Gasteiger partial charge in [0, 0.05) is 42.3 Å². The molecule has 0 spiro atoms. The average molecular weight is 369 g/mol. The first kappa shape index (κ1) is 17.1. The van der Waals surface area contributed by atoms with Crippen molar-refractivity contribution in [2.24, 2.45) is 0 Å². The van der Waals surface area contributed by atoms with E-state index in [2.05, 4.69) is 21.0 Å². The molecule has 0 N–H and O–H groups in total. The maximum Gasteiger partial charge on any atom is 0.275 e. The monoisotopic (exact) mass is 368 g/mol. The number of aromatic nitrogens is 2. The van der Waals surface area contributed by atoms with E-state index in [4.69, 9.17) is 11.6 Å². The molecule has 1 aliphatic rings. The van der Waals surface area contributed by atoms with Gasteiger partial charge in [-0.25, -0.2) is 4.68 Å². The van der Waals surface area contributed by atoms with Gasteiger partial charge in [0.15, 0.2) is 0 Å². The van der Waals surface area contributed by atoms with Gasteiger partial charge in [0.25, 0.3) is 5.56 Å². The molecular weight excluding hydrogens is 348 g/mol. The predicted octanol–water partition coefficient (Wildman–Crippen LogP) is 3.14. The van der Waals surface area contributed by atoms with E-state index in [0.717, 1.165) is 53.4 Å². The lowest BCUT2D eigenvalue weighted by Crippen LogP contribution is -2.48. The van der Waals surface area contributed by atoms with Crippen LogP contribution in [0.25, 0.3) is 10.8 Å². The molecular formula is C20H21ClN4O. The highest BCUT2D eigenvalue weighted by Crippen LogP contribution is 2.21. The van der Waals surface area contributed by atoms with Gasteiger partial charge < -0.3 is 4.90 Å². The number of halogens is 1. The minimum atomic E-state index is -0.0246. The summed E-state index contributed by atoms with van der Waals surface area (Å²) in [4.78, 5) is 17.3. The topological polar surface area (TPSA) is 41.4 Å². The van der Waals surface area contributed by atoms with Gasteiger partial charge in [0.1, 0.15) is 0 Å². The highest BCUT2D eigenvalue weighted by molar-refractivity contribution is 6.30. The fraction of sp³-hybridized carbons (Fsp3) is 0.300. The molecule has 0 unspecified atom stereocenters. The van der Waals surface area contributed by atoms with Gasteiger partial charge >= 0.3 is 0 Å². The van der Waals surface area contributed by atoms with Gasteiger partial charge in [-0.1, -0.05) is 35.9 Å². The molecule has 1 fully saturated rings. The van der Waals surface area contributed by atoms with E-state index in [1.165, 1.54) is 0 Å². The van der Waals surface area contributed by atoms with Crippen LogP contribution >= 0.6 is 11.6 Å². The van der Waals surface area contributed by atoms with Gasteiger partial charge in [-0.3, -0.25) is 9.69 Å². The standard InChI is InChI=1S/C20H21ClN4O/c1-15-18-7-2-3-8-19(18)20(26)25(22-15)14-23-9-11-24(12-10-23)17-6-4-5-16(21)13-17/h2-8,13H,9-12,14H2,1H3. The van der Waals surface area contributed by atoms with Crippen LogP contribution in [-0.4, -0.2) is 40.9 Å². The number of piperazine rings is 1. The predicted molar refractivity (Wildman–Crippen MR) is 106 cm³/mol. The molecule has 0 saturated carbocycles. The summed E-state index contributed by atoms with van der Waals surface area (Å²) in [5, 5.41) is 6.94. The first-order chi connectivity index (χ1) is 12.6. The van der Waals surface area contributed by atoms with E-state index in [1.807, 2.05) is 49.4 Å². The molecule has 134 valence electrons. The number of rotatable bonds is 3. The SMILES string of the molecule is Cc1nn(CN2CCN(c3cccc(Cl)c3)CC2)c(=O)c2ccccc12. The highest BCUT2D eigenvalue weighted by atomic mass is 35.5. The van der Waals surface area contributed by atoms with Crippen molar-refractivity contribution in [2.45, 2.75) is 13.6 Å². The number of hydrogen-bond acceptors (Lipinski definition) is 4. The third-order valence-electron chi connectivity index (χ3n) is 4.93. The summed E-state index contributed by atoms with van der Waals surface area (Å²) in [5.74, 6) is 0. The van der Waals surface area contributed by atoms with Crippen molar-refractivity contribution < 1.29 is 0 Å². The minimum Gasteiger partial charge on any atom is -0.369 e. The number of aryl methyl sites for hydroxylation is 1. The first-order valence-electron chi connectivity index (χ1n) is 8.81. The lowest BCUT2D eigenvalue weighted by Gasteiger charge is -2.36. The molecule has 26 heavy (non-hydrogen) atoms. The average Bonchev–Trinajstić information content (AvgIpc) is 2.66. The third-order valence-corrected chi connectivity index (χ3v) is 5.17. The maximum absolute atomic E-state index is 12.7. The molecule has 5 nitrogen and oxygen atoms in total. The Morgan fingerprint density at radius 2 is 1.73 bits per heavy atom. The summed E-state index contributed by atoms with van der Waals surface area (Å²) in [6.45, 7) is 6.05. The molecule has 0 aliphatic carbocycles. The summed E-state index contributed by atoms with van der Waals surface area (Å²) in [7, 11) is 0. The minimum absolute atomic E-state index is 0.0246. The molecule has 2 aromatic carbocycles. The Balaban J connectivity index is 1.49. The van der Waals surface area contributed by atoms with Crippen molar-refractivity contribution in [1.82, 2.24) is 14.7 Å². The number of nitrogens with zero attached hydrogens (tertiary/aromatic N) is 4. The van der Waals surface area contributed by atoms with Crippen LogP contribution in [0, 0.1) is 6.92 Å². The Kier molecular flexibility index (Phi) is 4.66. The van der Waals surface area contributed by atoms with E-state index >= 15 is 0 Å². The molecule has 0 atom stereocenters. The fourth-order valence-electron chi connectivity index (χ4n) is 3.51. The van der Waals surface area contributed by atoms with Gasteiger partial charge in [-0.2, -0.15) is 5.10 Å².